The molecule has 1 heterocycles. The first-order chi connectivity index (χ1) is 13.7. The lowest BCUT2D eigenvalue weighted by Crippen LogP contribution is -1.83. The standard InChI is InChI=1S/C23H18ClNS3/c1-26-20-13-9-17(10-14-20)21-22(18-7-11-19(24)12-8-18)28-23(25-21)27-15-16-5-3-2-4-6-16/h2-14H,15H2,1H3. The van der Waals surface area contributed by atoms with Gasteiger partial charge in [-0.05, 0) is 41.6 Å². The van der Waals surface area contributed by atoms with Crippen molar-refractivity contribution in [3.05, 3.63) is 89.4 Å². The number of hydrogen-bond donors (Lipinski definition) is 0. The molecule has 0 aliphatic rings. The third kappa shape index (κ3) is 4.64. The maximum atomic E-state index is 6.09. The second-order valence-corrected chi connectivity index (χ2v) is 9.70. The average Bonchev–Trinajstić information content (AvgIpc) is 3.18. The fourth-order valence-electron chi connectivity index (χ4n) is 2.82. The summed E-state index contributed by atoms with van der Waals surface area (Å²) in [6, 6.07) is 27.2. The van der Waals surface area contributed by atoms with Crippen molar-refractivity contribution in [2.45, 2.75) is 15.0 Å². The van der Waals surface area contributed by atoms with Crippen LogP contribution in [0.2, 0.25) is 5.02 Å². The van der Waals surface area contributed by atoms with E-state index < -0.39 is 0 Å². The van der Waals surface area contributed by atoms with Gasteiger partial charge in [-0.25, -0.2) is 4.98 Å². The van der Waals surface area contributed by atoms with Gasteiger partial charge < -0.3 is 0 Å². The zero-order chi connectivity index (χ0) is 19.3. The highest BCUT2D eigenvalue weighted by Gasteiger charge is 2.15. The molecule has 4 rings (SSSR count). The molecule has 0 saturated heterocycles. The number of hydrogen-bond acceptors (Lipinski definition) is 4. The first kappa shape index (κ1) is 19.6. The number of thiazole rings is 1. The number of thioether (sulfide) groups is 2. The predicted octanol–water partition coefficient (Wildman–Crippen LogP) is 8.14. The molecule has 140 valence electrons. The number of benzene rings is 3. The van der Waals surface area contributed by atoms with Crippen molar-refractivity contribution in [2.75, 3.05) is 6.26 Å². The van der Waals surface area contributed by atoms with Crippen LogP contribution in [0.4, 0.5) is 0 Å². The first-order valence-corrected chi connectivity index (χ1v) is 12.2. The Kier molecular flexibility index (Phi) is 6.43. The van der Waals surface area contributed by atoms with Gasteiger partial charge in [0.25, 0.3) is 0 Å². The molecule has 0 atom stereocenters. The molecule has 3 aromatic carbocycles. The van der Waals surface area contributed by atoms with Crippen LogP contribution in [0.25, 0.3) is 21.7 Å². The molecule has 4 aromatic rings. The molecule has 0 radical (unpaired) electrons. The lowest BCUT2D eigenvalue weighted by atomic mass is 10.1. The van der Waals surface area contributed by atoms with Crippen molar-refractivity contribution >= 4 is 46.5 Å². The smallest absolute Gasteiger partial charge is 0.151 e. The highest BCUT2D eigenvalue weighted by atomic mass is 35.5. The van der Waals surface area contributed by atoms with Gasteiger partial charge in [-0.15, -0.1) is 23.1 Å². The van der Waals surface area contributed by atoms with Gasteiger partial charge in [0.2, 0.25) is 0 Å². The molecule has 0 fully saturated rings. The van der Waals surface area contributed by atoms with Crippen molar-refractivity contribution in [1.82, 2.24) is 4.98 Å². The summed E-state index contributed by atoms with van der Waals surface area (Å²) in [6.07, 6.45) is 2.09. The SMILES string of the molecule is CSc1ccc(-c2nc(SCc3ccccc3)sc2-c2ccc(Cl)cc2)cc1. The molecule has 5 heteroatoms. The Bertz CT molecular complexity index is 1040. The van der Waals surface area contributed by atoms with Gasteiger partial charge in [0, 0.05) is 21.2 Å². The molecule has 0 N–H and O–H groups in total. The van der Waals surface area contributed by atoms with E-state index in [0.717, 1.165) is 31.9 Å². The molecular weight excluding hydrogens is 422 g/mol. The lowest BCUT2D eigenvalue weighted by Gasteiger charge is -2.04. The monoisotopic (exact) mass is 439 g/mol. The van der Waals surface area contributed by atoms with Crippen molar-refractivity contribution < 1.29 is 0 Å². The Hall–Kier alpha value is -1.72. The minimum Gasteiger partial charge on any atom is -0.229 e. The van der Waals surface area contributed by atoms with Crippen molar-refractivity contribution in [1.29, 1.82) is 0 Å². The topological polar surface area (TPSA) is 12.9 Å². The van der Waals surface area contributed by atoms with Crippen molar-refractivity contribution in [3.8, 4) is 21.7 Å². The van der Waals surface area contributed by atoms with Crippen molar-refractivity contribution in [3.63, 3.8) is 0 Å². The second kappa shape index (κ2) is 9.19. The summed E-state index contributed by atoms with van der Waals surface area (Å²) in [6.45, 7) is 0. The predicted molar refractivity (Wildman–Crippen MR) is 126 cm³/mol. The Morgan fingerprint density at radius 2 is 1.54 bits per heavy atom. The van der Waals surface area contributed by atoms with Gasteiger partial charge in [0.05, 0.1) is 10.6 Å². The molecule has 0 spiro atoms. The normalized spacial score (nSPS) is 10.9. The molecule has 0 saturated carbocycles. The van der Waals surface area contributed by atoms with Crippen LogP contribution in [0.15, 0.2) is 88.1 Å². The molecule has 0 aliphatic heterocycles. The van der Waals surface area contributed by atoms with E-state index in [0.29, 0.717) is 0 Å². The zero-order valence-corrected chi connectivity index (χ0v) is 18.5. The Morgan fingerprint density at radius 3 is 2.21 bits per heavy atom. The molecule has 0 amide bonds. The van der Waals surface area contributed by atoms with Crippen LogP contribution in [0.1, 0.15) is 5.56 Å². The third-order valence-electron chi connectivity index (χ3n) is 4.28. The molecule has 0 aliphatic carbocycles. The number of aromatic nitrogens is 1. The van der Waals surface area contributed by atoms with Crippen LogP contribution in [0, 0.1) is 0 Å². The number of rotatable bonds is 6. The van der Waals surface area contributed by atoms with Crippen LogP contribution in [0.3, 0.4) is 0 Å². The number of halogens is 1. The minimum absolute atomic E-state index is 0.748. The van der Waals surface area contributed by atoms with Gasteiger partial charge in [0.1, 0.15) is 0 Å². The summed E-state index contributed by atoms with van der Waals surface area (Å²) < 4.78 is 1.08. The largest absolute Gasteiger partial charge is 0.229 e. The summed E-state index contributed by atoms with van der Waals surface area (Å²) in [7, 11) is 0. The van der Waals surface area contributed by atoms with Crippen LogP contribution >= 0.6 is 46.5 Å². The quantitative estimate of drug-likeness (QED) is 0.281. The fourth-order valence-corrected chi connectivity index (χ4v) is 5.48. The summed E-state index contributed by atoms with van der Waals surface area (Å²) in [5, 5.41) is 0.748. The van der Waals surface area contributed by atoms with E-state index in [1.807, 2.05) is 18.2 Å². The van der Waals surface area contributed by atoms with Gasteiger partial charge in [-0.1, -0.05) is 78.0 Å². The molecular formula is C23H18ClNS3. The molecule has 0 bridgehead atoms. The van der Waals surface area contributed by atoms with Gasteiger partial charge in [-0.3, -0.25) is 0 Å². The van der Waals surface area contributed by atoms with E-state index in [1.54, 1.807) is 34.9 Å². The summed E-state index contributed by atoms with van der Waals surface area (Å²) in [5.41, 5.74) is 4.64. The molecule has 28 heavy (non-hydrogen) atoms. The average molecular weight is 440 g/mol. The van der Waals surface area contributed by atoms with E-state index in [-0.39, 0.29) is 0 Å². The Labute approximate surface area is 183 Å². The first-order valence-electron chi connectivity index (χ1n) is 8.81. The fraction of sp³-hybridized carbons (Fsp3) is 0.0870. The third-order valence-corrected chi connectivity index (χ3v) is 7.60. The van der Waals surface area contributed by atoms with E-state index in [1.165, 1.54) is 15.3 Å². The van der Waals surface area contributed by atoms with Crippen molar-refractivity contribution in [2.24, 2.45) is 0 Å². The molecule has 0 unspecified atom stereocenters. The molecule has 1 nitrogen and oxygen atoms in total. The summed E-state index contributed by atoms with van der Waals surface area (Å²) >= 11 is 11.4. The van der Waals surface area contributed by atoms with Crippen LogP contribution in [-0.4, -0.2) is 11.2 Å². The lowest BCUT2D eigenvalue weighted by molar-refractivity contribution is 1.24. The van der Waals surface area contributed by atoms with Gasteiger partial charge >= 0.3 is 0 Å². The van der Waals surface area contributed by atoms with Gasteiger partial charge in [0.15, 0.2) is 4.34 Å². The number of nitrogens with zero attached hydrogens (tertiary/aromatic N) is 1. The van der Waals surface area contributed by atoms with E-state index >= 15 is 0 Å². The Balaban J connectivity index is 1.69. The minimum atomic E-state index is 0.748. The van der Waals surface area contributed by atoms with Gasteiger partial charge in [-0.2, -0.15) is 0 Å². The summed E-state index contributed by atoms with van der Waals surface area (Å²) in [4.78, 5) is 7.43. The Morgan fingerprint density at radius 1 is 0.857 bits per heavy atom. The maximum absolute atomic E-state index is 6.09. The van der Waals surface area contributed by atoms with Crippen LogP contribution in [-0.2, 0) is 5.75 Å². The van der Waals surface area contributed by atoms with E-state index in [2.05, 4.69) is 66.9 Å². The molecule has 1 aromatic heterocycles. The zero-order valence-electron chi connectivity index (χ0n) is 15.3. The van der Waals surface area contributed by atoms with E-state index in [9.17, 15) is 0 Å². The highest BCUT2D eigenvalue weighted by molar-refractivity contribution is 8.00. The summed E-state index contributed by atoms with van der Waals surface area (Å²) in [5.74, 6) is 0.916. The highest BCUT2D eigenvalue weighted by Crippen LogP contribution is 2.41. The second-order valence-electron chi connectivity index (χ2n) is 6.17. The van der Waals surface area contributed by atoms with Crippen LogP contribution in [0.5, 0.6) is 0 Å². The maximum Gasteiger partial charge on any atom is 0.151 e. The van der Waals surface area contributed by atoms with E-state index in [4.69, 9.17) is 16.6 Å². The van der Waals surface area contributed by atoms with Crippen LogP contribution < -0.4 is 0 Å².